The maximum atomic E-state index is 5.95. The fourth-order valence-electron chi connectivity index (χ4n) is 5.69. The largest absolute Gasteiger partial charge is 0.475 e. The lowest BCUT2D eigenvalue weighted by Crippen LogP contribution is -2.25. The van der Waals surface area contributed by atoms with Crippen molar-refractivity contribution < 1.29 is 9.47 Å². The van der Waals surface area contributed by atoms with E-state index in [0.717, 1.165) is 100 Å². The number of likely N-dealkylation sites (N-methyl/N-ethyl adjacent to an activating group) is 2. The Balaban J connectivity index is 0.000000189. The summed E-state index contributed by atoms with van der Waals surface area (Å²) >= 11 is 2.51. The smallest absolute Gasteiger partial charge is 0.253 e. The summed E-state index contributed by atoms with van der Waals surface area (Å²) in [4.78, 5) is 4.63. The summed E-state index contributed by atoms with van der Waals surface area (Å²) in [5, 5.41) is 0. The topological polar surface area (TPSA) is 76.5 Å². The van der Waals surface area contributed by atoms with Gasteiger partial charge >= 0.3 is 0 Å². The second-order valence-corrected chi connectivity index (χ2v) is 13.3. The summed E-state index contributed by atoms with van der Waals surface area (Å²) in [5.74, 6) is 3.10. The Bertz CT molecular complexity index is 1090. The molecular weight excluding hydrogens is 553 g/mol. The molecule has 3 aliphatic rings. The molecule has 0 atom stereocenters. The van der Waals surface area contributed by atoms with Crippen molar-refractivity contribution in [3.63, 3.8) is 0 Å². The third-order valence-corrected chi connectivity index (χ3v) is 9.14. The maximum absolute atomic E-state index is 5.95. The molecule has 5 rings (SSSR count). The molecule has 0 unspecified atom stereocenters. The van der Waals surface area contributed by atoms with Gasteiger partial charge in [0.25, 0.3) is 11.8 Å². The van der Waals surface area contributed by atoms with Crippen LogP contribution < -0.4 is 9.47 Å². The Kier molecular flexibility index (Phi) is 13.5. The average Bonchev–Trinajstić information content (AvgIpc) is 3.64. The van der Waals surface area contributed by atoms with E-state index in [0.29, 0.717) is 0 Å². The van der Waals surface area contributed by atoms with Gasteiger partial charge in [-0.25, -0.2) is 0 Å². The number of rotatable bonds is 12. The molecule has 0 amide bonds. The van der Waals surface area contributed by atoms with Gasteiger partial charge in [0.15, 0.2) is 0 Å². The quantitative estimate of drug-likeness (QED) is 0.239. The van der Waals surface area contributed by atoms with Crippen molar-refractivity contribution in [2.24, 2.45) is 11.8 Å². The second-order valence-electron chi connectivity index (χ2n) is 12.2. The van der Waals surface area contributed by atoms with Gasteiger partial charge in [0.2, 0.25) is 0 Å². The number of hydrogen-bond donors (Lipinski definition) is 0. The zero-order chi connectivity index (χ0) is 28.9. The third-order valence-electron chi connectivity index (χ3n) is 8.11. The Labute approximate surface area is 255 Å². The van der Waals surface area contributed by atoms with Crippen LogP contribution >= 0.6 is 23.5 Å². The van der Waals surface area contributed by atoms with Gasteiger partial charge in [-0.05, 0) is 69.2 Å². The van der Waals surface area contributed by atoms with Crippen LogP contribution in [0.25, 0.3) is 11.1 Å². The van der Waals surface area contributed by atoms with Crippen LogP contribution in [0.4, 0.5) is 0 Å². The Hall–Kier alpha value is -1.88. The van der Waals surface area contributed by atoms with Crippen LogP contribution in [0.15, 0.2) is 12.2 Å². The maximum Gasteiger partial charge on any atom is 0.253 e. The third kappa shape index (κ3) is 10.7. The van der Waals surface area contributed by atoms with Crippen molar-refractivity contribution in [2.45, 2.75) is 84.5 Å². The molecule has 2 aliphatic heterocycles. The van der Waals surface area contributed by atoms with Crippen LogP contribution in [0.1, 0.15) is 95.9 Å². The first kappa shape index (κ1) is 32.0. The van der Waals surface area contributed by atoms with Crippen molar-refractivity contribution in [3.05, 3.63) is 23.5 Å². The number of nitrogens with zero attached hydrogens (tertiary/aromatic N) is 6. The lowest BCUT2D eigenvalue weighted by atomic mass is 9.87. The van der Waals surface area contributed by atoms with Gasteiger partial charge in [-0.2, -0.15) is 8.75 Å². The highest BCUT2D eigenvalue weighted by Crippen LogP contribution is 2.30. The molecule has 2 aromatic rings. The van der Waals surface area contributed by atoms with Crippen LogP contribution in [-0.2, 0) is 0 Å². The van der Waals surface area contributed by atoms with E-state index in [-0.39, 0.29) is 0 Å². The van der Waals surface area contributed by atoms with E-state index in [9.17, 15) is 0 Å². The van der Waals surface area contributed by atoms with Gasteiger partial charge in [-0.1, -0.05) is 64.5 Å². The van der Waals surface area contributed by atoms with E-state index in [4.69, 9.17) is 9.47 Å². The van der Waals surface area contributed by atoms with Gasteiger partial charge < -0.3 is 19.3 Å². The monoisotopic (exact) mass is 602 g/mol. The highest BCUT2D eigenvalue weighted by molar-refractivity contribution is 6.99. The van der Waals surface area contributed by atoms with Gasteiger partial charge in [-0.3, -0.25) is 0 Å². The van der Waals surface area contributed by atoms with Crippen LogP contribution in [0.3, 0.4) is 0 Å². The molecule has 0 aromatic carbocycles. The molecule has 228 valence electrons. The first-order chi connectivity index (χ1) is 20.0. The first-order valence-corrected chi connectivity index (χ1v) is 17.1. The molecule has 10 heteroatoms. The average molecular weight is 603 g/mol. The normalized spacial score (nSPS) is 19.0. The highest BCUT2D eigenvalue weighted by Gasteiger charge is 2.20. The van der Waals surface area contributed by atoms with Gasteiger partial charge in [0.1, 0.15) is 11.4 Å². The van der Waals surface area contributed by atoms with Crippen molar-refractivity contribution in [3.8, 4) is 11.8 Å². The second kappa shape index (κ2) is 17.3. The fourth-order valence-corrected chi connectivity index (χ4v) is 6.76. The Morgan fingerprint density at radius 2 is 1.34 bits per heavy atom. The lowest BCUT2D eigenvalue weighted by molar-refractivity contribution is 0.241. The van der Waals surface area contributed by atoms with Crippen LogP contribution in [0.5, 0.6) is 11.8 Å². The summed E-state index contributed by atoms with van der Waals surface area (Å²) in [6.07, 6.45) is 18.4. The number of ether oxygens (including phenoxy) is 2. The molecule has 4 heterocycles. The summed E-state index contributed by atoms with van der Waals surface area (Å²) in [6.45, 7) is 10.2. The predicted octanol–water partition coefficient (Wildman–Crippen LogP) is 7.07. The molecule has 0 saturated heterocycles. The molecule has 8 nitrogen and oxygen atoms in total. The van der Waals surface area contributed by atoms with Crippen molar-refractivity contribution in [1.29, 1.82) is 0 Å². The first-order valence-electron chi connectivity index (χ1n) is 15.7. The Morgan fingerprint density at radius 3 is 1.88 bits per heavy atom. The van der Waals surface area contributed by atoms with Crippen molar-refractivity contribution in [1.82, 2.24) is 27.3 Å². The van der Waals surface area contributed by atoms with Gasteiger partial charge in [-0.15, -0.1) is 8.75 Å². The molecule has 2 aromatic heterocycles. The predicted molar refractivity (Wildman–Crippen MR) is 171 cm³/mol. The van der Waals surface area contributed by atoms with E-state index in [1.807, 2.05) is 0 Å². The van der Waals surface area contributed by atoms with E-state index >= 15 is 0 Å². The summed E-state index contributed by atoms with van der Waals surface area (Å²) in [6, 6.07) is 0. The van der Waals surface area contributed by atoms with Crippen LogP contribution in [0, 0.1) is 11.8 Å². The molecule has 1 fully saturated rings. The van der Waals surface area contributed by atoms with Crippen molar-refractivity contribution in [2.75, 3.05) is 53.5 Å². The minimum Gasteiger partial charge on any atom is -0.475 e. The van der Waals surface area contributed by atoms with Crippen LogP contribution in [0.2, 0.25) is 0 Å². The zero-order valence-corrected chi connectivity index (χ0v) is 27.3. The zero-order valence-electron chi connectivity index (χ0n) is 25.6. The van der Waals surface area contributed by atoms with E-state index in [1.165, 1.54) is 79.5 Å². The van der Waals surface area contributed by atoms with E-state index < -0.39 is 0 Å². The SMILES string of the molecule is CC(C)CCCCOc1nsnc1C1=CCCN(C)C1.CN1CCC=C(c2nsnc2OCCC2CCCCC2)C1. The van der Waals surface area contributed by atoms with Crippen molar-refractivity contribution >= 4 is 34.6 Å². The van der Waals surface area contributed by atoms with Gasteiger partial charge in [0.05, 0.1) is 36.7 Å². The van der Waals surface area contributed by atoms with Gasteiger partial charge in [0, 0.05) is 26.2 Å². The molecule has 41 heavy (non-hydrogen) atoms. The lowest BCUT2D eigenvalue weighted by Gasteiger charge is -2.22. The summed E-state index contributed by atoms with van der Waals surface area (Å²) in [7, 11) is 4.29. The molecule has 0 radical (unpaired) electrons. The van der Waals surface area contributed by atoms with Crippen LogP contribution in [-0.4, -0.2) is 80.8 Å². The molecule has 0 bridgehead atoms. The molecule has 0 N–H and O–H groups in total. The summed E-state index contributed by atoms with van der Waals surface area (Å²) in [5.41, 5.74) is 4.44. The molecule has 0 spiro atoms. The summed E-state index contributed by atoms with van der Waals surface area (Å²) < 4.78 is 29.3. The van der Waals surface area contributed by atoms with E-state index in [2.05, 4.69) is 67.4 Å². The number of hydrogen-bond acceptors (Lipinski definition) is 10. The minimum absolute atomic E-state index is 0.723. The number of unbranched alkanes of at least 4 members (excludes halogenated alkanes) is 1. The minimum atomic E-state index is 0.723. The highest BCUT2D eigenvalue weighted by atomic mass is 32.1. The molecule has 1 aliphatic carbocycles. The van der Waals surface area contributed by atoms with E-state index in [1.54, 1.807) is 0 Å². The number of aromatic nitrogens is 4. The fraction of sp³-hybridized carbons (Fsp3) is 0.742. The molecular formula is C31H50N6O2S2. The Morgan fingerprint density at radius 1 is 0.780 bits per heavy atom. The molecule has 1 saturated carbocycles. The standard InChI is InChI=1S/C16H25N3OS.C15H25N3OS/c1-19-10-5-8-14(12-19)15-16(18-21-17-15)20-11-9-13-6-3-2-4-7-13;1-12(2)7-4-5-10-19-15-14(16-20-17-15)13-8-6-9-18(3)11-13/h8,13H,2-7,9-12H2,1H3;8,12H,4-7,9-11H2,1-3H3.